The number of rotatable bonds is 8. The van der Waals surface area contributed by atoms with E-state index in [9.17, 15) is 0 Å². The molecule has 1 heterocycles. The lowest BCUT2D eigenvalue weighted by atomic mass is 9.94. The van der Waals surface area contributed by atoms with Crippen molar-refractivity contribution in [3.05, 3.63) is 42.2 Å². The number of ether oxygens (including phenoxy) is 1. The molecular formula is C18H26N2O. The summed E-state index contributed by atoms with van der Waals surface area (Å²) in [5.74, 6) is 0. The van der Waals surface area contributed by atoms with E-state index >= 15 is 0 Å². The largest absolute Gasteiger partial charge is 0.379 e. The molecule has 0 saturated carbocycles. The van der Waals surface area contributed by atoms with Crippen LogP contribution in [0.4, 0.5) is 0 Å². The average molecular weight is 286 g/mol. The van der Waals surface area contributed by atoms with E-state index in [0.717, 1.165) is 25.8 Å². The second-order valence-corrected chi connectivity index (χ2v) is 5.44. The van der Waals surface area contributed by atoms with Crippen LogP contribution in [0.3, 0.4) is 0 Å². The van der Waals surface area contributed by atoms with Crippen LogP contribution in [-0.4, -0.2) is 24.7 Å². The van der Waals surface area contributed by atoms with Crippen molar-refractivity contribution < 1.29 is 4.74 Å². The fourth-order valence-corrected chi connectivity index (χ4v) is 2.87. The molecule has 2 aromatic rings. The Hall–Kier alpha value is -1.45. The molecule has 2 unspecified atom stereocenters. The Morgan fingerprint density at radius 1 is 1.19 bits per heavy atom. The number of pyridine rings is 1. The highest BCUT2D eigenvalue weighted by Crippen LogP contribution is 2.28. The minimum atomic E-state index is 0.195. The van der Waals surface area contributed by atoms with Gasteiger partial charge in [-0.15, -0.1) is 0 Å². The van der Waals surface area contributed by atoms with Crippen LogP contribution in [-0.2, 0) is 4.74 Å². The zero-order valence-corrected chi connectivity index (χ0v) is 13.3. The standard InChI is InChI=1S/C18H26N2O/c1-4-7-17(21-3)18(20-11-5-2)16-9-6-8-14-13-19-12-10-15(14)16/h6,8-10,12-13,17-18,20H,4-5,7,11H2,1-3H3. The Labute approximate surface area is 127 Å². The van der Waals surface area contributed by atoms with Crippen molar-refractivity contribution >= 4 is 10.8 Å². The second kappa shape index (κ2) is 8.11. The van der Waals surface area contributed by atoms with E-state index in [1.54, 1.807) is 0 Å². The molecule has 2 atom stereocenters. The van der Waals surface area contributed by atoms with Crippen LogP contribution in [0.15, 0.2) is 36.7 Å². The van der Waals surface area contributed by atoms with Gasteiger partial charge in [-0.05, 0) is 36.4 Å². The third-order valence-electron chi connectivity index (χ3n) is 3.91. The maximum Gasteiger partial charge on any atom is 0.0766 e. The van der Waals surface area contributed by atoms with Gasteiger partial charge in [0, 0.05) is 24.9 Å². The second-order valence-electron chi connectivity index (χ2n) is 5.44. The highest BCUT2D eigenvalue weighted by molar-refractivity contribution is 5.85. The molecule has 1 aromatic carbocycles. The summed E-state index contributed by atoms with van der Waals surface area (Å²) in [6.45, 7) is 5.39. The highest BCUT2D eigenvalue weighted by Gasteiger charge is 2.23. The molecule has 21 heavy (non-hydrogen) atoms. The minimum Gasteiger partial charge on any atom is -0.379 e. The molecule has 2 rings (SSSR count). The van der Waals surface area contributed by atoms with Gasteiger partial charge in [-0.25, -0.2) is 0 Å². The molecule has 3 heteroatoms. The topological polar surface area (TPSA) is 34.2 Å². The van der Waals surface area contributed by atoms with Crippen molar-refractivity contribution in [1.82, 2.24) is 10.3 Å². The normalized spacial score (nSPS) is 14.2. The summed E-state index contributed by atoms with van der Waals surface area (Å²) >= 11 is 0. The summed E-state index contributed by atoms with van der Waals surface area (Å²) < 4.78 is 5.78. The van der Waals surface area contributed by atoms with Gasteiger partial charge < -0.3 is 10.1 Å². The molecule has 0 bridgehead atoms. The number of aromatic nitrogens is 1. The van der Waals surface area contributed by atoms with E-state index in [1.165, 1.54) is 16.3 Å². The summed E-state index contributed by atoms with van der Waals surface area (Å²) in [6, 6.07) is 8.76. The van der Waals surface area contributed by atoms with E-state index < -0.39 is 0 Å². The maximum absolute atomic E-state index is 5.78. The third kappa shape index (κ3) is 3.80. The first kappa shape index (κ1) is 15.9. The number of nitrogens with zero attached hydrogens (tertiary/aromatic N) is 1. The van der Waals surface area contributed by atoms with E-state index in [4.69, 9.17) is 4.74 Å². The molecule has 114 valence electrons. The molecular weight excluding hydrogens is 260 g/mol. The number of nitrogens with one attached hydrogen (secondary N) is 1. The monoisotopic (exact) mass is 286 g/mol. The van der Waals surface area contributed by atoms with Gasteiger partial charge in [0.2, 0.25) is 0 Å². The quantitative estimate of drug-likeness (QED) is 0.793. The van der Waals surface area contributed by atoms with Crippen molar-refractivity contribution in [2.24, 2.45) is 0 Å². The van der Waals surface area contributed by atoms with E-state index in [2.05, 4.69) is 48.4 Å². The lowest BCUT2D eigenvalue weighted by molar-refractivity contribution is 0.0610. The van der Waals surface area contributed by atoms with Gasteiger partial charge >= 0.3 is 0 Å². The zero-order chi connectivity index (χ0) is 15.1. The van der Waals surface area contributed by atoms with Gasteiger partial charge in [-0.1, -0.05) is 38.5 Å². The molecule has 0 spiro atoms. The van der Waals surface area contributed by atoms with Crippen molar-refractivity contribution in [3.8, 4) is 0 Å². The summed E-state index contributed by atoms with van der Waals surface area (Å²) in [5.41, 5.74) is 1.31. The molecule has 0 fully saturated rings. The predicted octanol–water partition coefficient (Wildman–Crippen LogP) is 4.09. The van der Waals surface area contributed by atoms with Crippen LogP contribution >= 0.6 is 0 Å². The molecule has 0 aliphatic carbocycles. The maximum atomic E-state index is 5.78. The number of benzene rings is 1. The fraction of sp³-hybridized carbons (Fsp3) is 0.500. The molecule has 3 nitrogen and oxygen atoms in total. The molecule has 1 N–H and O–H groups in total. The molecule has 0 radical (unpaired) electrons. The van der Waals surface area contributed by atoms with E-state index in [-0.39, 0.29) is 12.1 Å². The van der Waals surface area contributed by atoms with Gasteiger partial charge in [-0.3, -0.25) is 4.98 Å². The van der Waals surface area contributed by atoms with Gasteiger partial charge in [0.1, 0.15) is 0 Å². The van der Waals surface area contributed by atoms with Gasteiger partial charge in [0.25, 0.3) is 0 Å². The number of hydrogen-bond acceptors (Lipinski definition) is 3. The van der Waals surface area contributed by atoms with Crippen molar-refractivity contribution in [1.29, 1.82) is 0 Å². The molecule has 0 aliphatic rings. The van der Waals surface area contributed by atoms with Gasteiger partial charge in [0.05, 0.1) is 12.1 Å². The summed E-state index contributed by atoms with van der Waals surface area (Å²) in [4.78, 5) is 4.23. The van der Waals surface area contributed by atoms with Crippen LogP contribution in [0.1, 0.15) is 44.7 Å². The van der Waals surface area contributed by atoms with Crippen LogP contribution in [0, 0.1) is 0 Å². The number of fused-ring (bicyclic) bond motifs is 1. The van der Waals surface area contributed by atoms with E-state index in [0.29, 0.717) is 0 Å². The fourth-order valence-electron chi connectivity index (χ4n) is 2.87. The highest BCUT2D eigenvalue weighted by atomic mass is 16.5. The SMILES string of the molecule is CCCNC(c1cccc2cnccc12)C(CCC)OC. The van der Waals surface area contributed by atoms with Crippen LogP contribution < -0.4 is 5.32 Å². The van der Waals surface area contributed by atoms with Gasteiger partial charge in [0.15, 0.2) is 0 Å². The van der Waals surface area contributed by atoms with Crippen LogP contribution in [0.25, 0.3) is 10.8 Å². The Morgan fingerprint density at radius 3 is 2.76 bits per heavy atom. The minimum absolute atomic E-state index is 0.195. The number of methoxy groups -OCH3 is 1. The molecule has 1 aromatic heterocycles. The third-order valence-corrected chi connectivity index (χ3v) is 3.91. The first-order valence-corrected chi connectivity index (χ1v) is 7.90. The smallest absolute Gasteiger partial charge is 0.0766 e. The Balaban J connectivity index is 2.42. The van der Waals surface area contributed by atoms with Gasteiger partial charge in [-0.2, -0.15) is 0 Å². The summed E-state index contributed by atoms with van der Waals surface area (Å²) in [6.07, 6.45) is 7.28. The lowest BCUT2D eigenvalue weighted by Gasteiger charge is -2.28. The van der Waals surface area contributed by atoms with Crippen molar-refractivity contribution in [3.63, 3.8) is 0 Å². The summed E-state index contributed by atoms with van der Waals surface area (Å²) in [7, 11) is 1.81. The average Bonchev–Trinajstić information content (AvgIpc) is 2.54. The Bertz CT molecular complexity index is 550. The van der Waals surface area contributed by atoms with Crippen molar-refractivity contribution in [2.45, 2.75) is 45.3 Å². The predicted molar refractivity (Wildman–Crippen MR) is 88.5 cm³/mol. The van der Waals surface area contributed by atoms with E-state index in [1.807, 2.05) is 19.5 Å². The molecule has 0 amide bonds. The molecule has 0 saturated heterocycles. The molecule has 0 aliphatic heterocycles. The van der Waals surface area contributed by atoms with Crippen LogP contribution in [0.5, 0.6) is 0 Å². The number of hydrogen-bond donors (Lipinski definition) is 1. The Kier molecular flexibility index (Phi) is 6.15. The van der Waals surface area contributed by atoms with Crippen molar-refractivity contribution in [2.75, 3.05) is 13.7 Å². The zero-order valence-electron chi connectivity index (χ0n) is 13.3. The van der Waals surface area contributed by atoms with Crippen LogP contribution in [0.2, 0.25) is 0 Å². The lowest BCUT2D eigenvalue weighted by Crippen LogP contribution is -2.34. The first-order valence-electron chi connectivity index (χ1n) is 7.90. The first-order chi connectivity index (χ1) is 10.3. The summed E-state index contributed by atoms with van der Waals surface area (Å²) in [5, 5.41) is 6.12. The Morgan fingerprint density at radius 2 is 2.05 bits per heavy atom.